The van der Waals surface area contributed by atoms with Crippen molar-refractivity contribution in [1.29, 1.82) is 0 Å². The summed E-state index contributed by atoms with van der Waals surface area (Å²) in [6, 6.07) is 32.7. The lowest BCUT2D eigenvalue weighted by Gasteiger charge is -2.44. The molecule has 0 fully saturated rings. The first-order valence-electron chi connectivity index (χ1n) is 22.9. The molecule has 4 heterocycles. The van der Waals surface area contributed by atoms with Crippen LogP contribution in [0.25, 0.3) is 22.8 Å². The fraction of sp³-hybridized carbons (Fsp3) is 0.365. The number of nitrogens with one attached hydrogen (secondary N) is 4. The molecule has 2 atom stereocenters. The van der Waals surface area contributed by atoms with Crippen LogP contribution in [0.1, 0.15) is 107 Å². The largest absolute Gasteiger partial charge is 0.489 e. The van der Waals surface area contributed by atoms with Crippen molar-refractivity contribution >= 4 is 18.1 Å². The summed E-state index contributed by atoms with van der Waals surface area (Å²) in [6.45, 7) is 16.1. The fourth-order valence-electron chi connectivity index (χ4n) is 7.39. The van der Waals surface area contributed by atoms with E-state index in [0.717, 1.165) is 59.3 Å². The minimum Gasteiger partial charge on any atom is -0.489 e. The summed E-state index contributed by atoms with van der Waals surface area (Å²) in [5.41, 5.74) is 6.81. The Morgan fingerprint density at radius 1 is 0.701 bits per heavy atom. The van der Waals surface area contributed by atoms with Gasteiger partial charge in [-0.3, -0.25) is 29.9 Å². The lowest BCUT2D eigenvalue weighted by atomic mass is 9.92. The molecule has 6 aromatic rings. The molecule has 4 N–H and O–H groups in total. The Bertz CT molecular complexity index is 2490. The lowest BCUT2D eigenvalue weighted by Crippen LogP contribution is -2.46. The maximum atomic E-state index is 12.5. The number of hydrogen-bond donors (Lipinski definition) is 4. The second-order valence-electron chi connectivity index (χ2n) is 17.7. The number of carbonyl (C=O) groups excluding carboxylic acids is 2. The lowest BCUT2D eigenvalue weighted by molar-refractivity contribution is -0.272. The molecule has 3 amide bonds. The SMILES string of the molecule is Cc1cc(=O)[nH]c(NC(=O)NCCCCCCNC(=O)OCc2ccc(C(C(C)C)N(OC(C)c3ccc(COc4cc(-c5ccccn5)nc(-c5ccccn5)c4)cc3)C(C)(C)C)cc2)n1. The van der Waals surface area contributed by atoms with Crippen molar-refractivity contribution in [3.63, 3.8) is 0 Å². The summed E-state index contributed by atoms with van der Waals surface area (Å²) in [7, 11) is 0. The molecule has 0 aliphatic heterocycles. The third kappa shape index (κ3) is 15.3. The summed E-state index contributed by atoms with van der Waals surface area (Å²) in [5.74, 6) is 0.998. The monoisotopic (exact) mass is 909 g/mol. The van der Waals surface area contributed by atoms with Gasteiger partial charge in [0.05, 0.1) is 28.8 Å². The molecule has 67 heavy (non-hydrogen) atoms. The number of amides is 3. The van der Waals surface area contributed by atoms with Crippen molar-refractivity contribution in [2.24, 2.45) is 5.92 Å². The average Bonchev–Trinajstić information content (AvgIpc) is 3.31. The third-order valence-corrected chi connectivity index (χ3v) is 10.8. The summed E-state index contributed by atoms with van der Waals surface area (Å²) >= 11 is 0. The zero-order chi connectivity index (χ0) is 47.8. The van der Waals surface area contributed by atoms with E-state index in [2.05, 4.69) is 119 Å². The molecule has 15 nitrogen and oxygen atoms in total. The predicted octanol–water partition coefficient (Wildman–Crippen LogP) is 10.3. The molecule has 0 bridgehead atoms. The van der Waals surface area contributed by atoms with E-state index in [4.69, 9.17) is 19.3 Å². The molecule has 0 saturated carbocycles. The number of aryl methyl sites for hydroxylation is 1. The molecule has 2 unspecified atom stereocenters. The van der Waals surface area contributed by atoms with Crippen molar-refractivity contribution in [2.45, 2.75) is 105 Å². The maximum Gasteiger partial charge on any atom is 0.407 e. The number of urea groups is 1. The Balaban J connectivity index is 0.956. The number of hydrogen-bond acceptors (Lipinski definition) is 11. The number of ether oxygens (including phenoxy) is 2. The van der Waals surface area contributed by atoms with Crippen LogP contribution in [-0.4, -0.2) is 60.7 Å². The number of hydroxylamine groups is 2. The van der Waals surface area contributed by atoms with Crippen LogP contribution >= 0.6 is 0 Å². The third-order valence-electron chi connectivity index (χ3n) is 10.8. The Morgan fingerprint density at radius 3 is 1.84 bits per heavy atom. The van der Waals surface area contributed by atoms with Gasteiger partial charge in [0.25, 0.3) is 5.56 Å². The van der Waals surface area contributed by atoms with E-state index in [9.17, 15) is 14.4 Å². The molecule has 0 aliphatic rings. The maximum absolute atomic E-state index is 12.5. The van der Waals surface area contributed by atoms with Gasteiger partial charge in [-0.2, -0.15) is 5.06 Å². The molecule has 0 spiro atoms. The summed E-state index contributed by atoms with van der Waals surface area (Å²) in [5, 5.41) is 10.2. The van der Waals surface area contributed by atoms with Gasteiger partial charge in [0, 0.05) is 54.9 Å². The highest BCUT2D eigenvalue weighted by molar-refractivity contribution is 5.87. The fourth-order valence-corrected chi connectivity index (χ4v) is 7.39. The van der Waals surface area contributed by atoms with Crippen LogP contribution in [0.3, 0.4) is 0 Å². The highest BCUT2D eigenvalue weighted by atomic mass is 16.7. The number of aromatic nitrogens is 5. The van der Waals surface area contributed by atoms with Gasteiger partial charge in [0.2, 0.25) is 5.95 Å². The zero-order valence-corrected chi connectivity index (χ0v) is 39.5. The molecule has 6 rings (SSSR count). The first-order valence-corrected chi connectivity index (χ1v) is 22.9. The Labute approximate surface area is 393 Å². The van der Waals surface area contributed by atoms with Gasteiger partial charge >= 0.3 is 12.1 Å². The molecule has 0 aliphatic carbocycles. The van der Waals surface area contributed by atoms with Crippen molar-refractivity contribution in [3.8, 4) is 28.5 Å². The topological polar surface area (TPSA) is 186 Å². The van der Waals surface area contributed by atoms with Crippen molar-refractivity contribution < 1.29 is 23.9 Å². The first kappa shape index (κ1) is 49.5. The van der Waals surface area contributed by atoms with E-state index in [1.54, 1.807) is 19.3 Å². The van der Waals surface area contributed by atoms with Gasteiger partial charge in [0.1, 0.15) is 25.1 Å². The predicted molar refractivity (Wildman–Crippen MR) is 260 cm³/mol. The molecule has 4 aromatic heterocycles. The van der Waals surface area contributed by atoms with Crippen LogP contribution in [0, 0.1) is 12.8 Å². The molecule has 15 heteroatoms. The van der Waals surface area contributed by atoms with E-state index >= 15 is 0 Å². The minimum absolute atomic E-state index is 0.0589. The number of nitrogens with zero attached hydrogens (tertiary/aromatic N) is 5. The van der Waals surface area contributed by atoms with Crippen LogP contribution < -0.4 is 26.2 Å². The summed E-state index contributed by atoms with van der Waals surface area (Å²) in [6.07, 6.45) is 6.10. The summed E-state index contributed by atoms with van der Waals surface area (Å²) < 4.78 is 11.9. The van der Waals surface area contributed by atoms with Crippen LogP contribution in [0.2, 0.25) is 0 Å². The molecule has 0 saturated heterocycles. The highest BCUT2D eigenvalue weighted by Gasteiger charge is 2.35. The molecule has 2 aromatic carbocycles. The smallest absolute Gasteiger partial charge is 0.407 e. The highest BCUT2D eigenvalue weighted by Crippen LogP contribution is 2.37. The second kappa shape index (κ2) is 24.0. The van der Waals surface area contributed by atoms with Gasteiger partial charge < -0.3 is 20.1 Å². The number of aromatic amines is 1. The number of alkyl carbamates (subject to hydrolysis) is 1. The number of carbonyl (C=O) groups is 2. The van der Waals surface area contributed by atoms with Gasteiger partial charge in [-0.15, -0.1) is 0 Å². The average molecular weight is 910 g/mol. The number of H-pyrrole nitrogens is 1. The van der Waals surface area contributed by atoms with Crippen LogP contribution in [-0.2, 0) is 22.8 Å². The number of anilines is 1. The zero-order valence-electron chi connectivity index (χ0n) is 39.5. The molecule has 352 valence electrons. The van der Waals surface area contributed by atoms with Crippen molar-refractivity contribution in [2.75, 3.05) is 18.4 Å². The number of unbranched alkanes of at least 4 members (excludes halogenated alkanes) is 3. The van der Waals surface area contributed by atoms with E-state index in [1.165, 1.54) is 6.07 Å². The van der Waals surface area contributed by atoms with Crippen molar-refractivity contribution in [3.05, 3.63) is 154 Å². The number of benzene rings is 2. The van der Waals surface area contributed by atoms with Gasteiger partial charge in [0.15, 0.2) is 0 Å². The quantitative estimate of drug-likeness (QED) is 0.0398. The molecular weight excluding hydrogens is 847 g/mol. The normalized spacial score (nSPS) is 12.4. The Morgan fingerprint density at radius 2 is 1.28 bits per heavy atom. The standard InChI is InChI=1S/C52H63N9O6/c1-35(2)48(41-24-20-39(21-25-41)34-66-51(64)56-29-13-9-8-12-28-55-50(63)60-49-57-36(3)30-47(62)59-49)61(52(5,6)7)67-37(4)40-22-18-38(19-23-40)33-65-42-31-45(43-16-10-14-26-53-43)58-46(32-42)44-17-11-15-27-54-44/h10-11,14-27,30-32,35,37,48H,8-9,12-13,28-29,33-34H2,1-7H3,(H,56,64)(H3,55,57,59,60,62,63). The van der Waals surface area contributed by atoms with Gasteiger partial charge in [-0.25, -0.2) is 19.6 Å². The summed E-state index contributed by atoms with van der Waals surface area (Å²) in [4.78, 5) is 63.3. The second-order valence-corrected chi connectivity index (χ2v) is 17.7. The molecular formula is C52H63N9O6. The number of pyridine rings is 3. The molecule has 0 radical (unpaired) electrons. The van der Waals surface area contributed by atoms with Crippen LogP contribution in [0.5, 0.6) is 5.75 Å². The van der Waals surface area contributed by atoms with E-state index in [-0.39, 0.29) is 41.7 Å². The van der Waals surface area contributed by atoms with E-state index in [1.807, 2.05) is 60.7 Å². The Kier molecular flexibility index (Phi) is 17.7. The minimum atomic E-state index is -0.466. The Hall–Kier alpha value is -6.97. The van der Waals surface area contributed by atoms with Crippen LogP contribution in [0.4, 0.5) is 15.5 Å². The van der Waals surface area contributed by atoms with Crippen LogP contribution in [0.15, 0.2) is 120 Å². The van der Waals surface area contributed by atoms with E-state index < -0.39 is 12.1 Å². The van der Waals surface area contributed by atoms with Gasteiger partial charge in [-0.1, -0.05) is 87.4 Å². The number of rotatable bonds is 21. The first-order chi connectivity index (χ1) is 32.2. The van der Waals surface area contributed by atoms with Gasteiger partial charge in [-0.05, 0) is 99.9 Å². The van der Waals surface area contributed by atoms with Crippen molar-refractivity contribution in [1.82, 2.24) is 40.6 Å². The van der Waals surface area contributed by atoms with E-state index in [0.29, 0.717) is 42.5 Å².